The number of thioether (sulfide) groups is 1. The van der Waals surface area contributed by atoms with E-state index in [1.807, 2.05) is 19.1 Å². The molecule has 18 heavy (non-hydrogen) atoms. The van der Waals surface area contributed by atoms with Gasteiger partial charge in [0.1, 0.15) is 0 Å². The second-order valence-corrected chi connectivity index (χ2v) is 5.60. The van der Waals surface area contributed by atoms with Crippen molar-refractivity contribution < 1.29 is 4.79 Å². The quantitative estimate of drug-likeness (QED) is 0.758. The summed E-state index contributed by atoms with van der Waals surface area (Å²) in [5, 5.41) is 3.50. The van der Waals surface area contributed by atoms with Gasteiger partial charge in [-0.3, -0.25) is 4.79 Å². The van der Waals surface area contributed by atoms with Gasteiger partial charge in [-0.2, -0.15) is 11.8 Å². The van der Waals surface area contributed by atoms with Gasteiger partial charge in [-0.25, -0.2) is 0 Å². The first-order valence-corrected chi connectivity index (χ1v) is 7.50. The number of benzene rings is 1. The first kappa shape index (κ1) is 15.3. The number of anilines is 1. The van der Waals surface area contributed by atoms with E-state index in [0.717, 1.165) is 29.8 Å². The summed E-state index contributed by atoms with van der Waals surface area (Å²) in [6.07, 6.45) is 2.08. The zero-order valence-corrected chi connectivity index (χ0v) is 12.1. The van der Waals surface area contributed by atoms with Gasteiger partial charge in [0.2, 0.25) is 5.91 Å². The number of nitrogens with one attached hydrogen (secondary N) is 1. The molecular weight excluding hydrogens is 268 g/mol. The summed E-state index contributed by atoms with van der Waals surface area (Å²) in [6.45, 7) is 2.66. The van der Waals surface area contributed by atoms with E-state index in [-0.39, 0.29) is 5.91 Å². The summed E-state index contributed by atoms with van der Waals surface area (Å²) >= 11 is 7.52. The summed E-state index contributed by atoms with van der Waals surface area (Å²) in [5.74, 6) is 1.45. The Hall–Kier alpha value is -0.710. The second-order valence-electron chi connectivity index (χ2n) is 4.06. The molecule has 3 nitrogen and oxygen atoms in total. The molecular formula is C13H19ClN2OS. The lowest BCUT2D eigenvalue weighted by Crippen LogP contribution is -2.15. The summed E-state index contributed by atoms with van der Waals surface area (Å²) in [6, 6.07) is 5.48. The molecule has 0 fully saturated rings. The van der Waals surface area contributed by atoms with Crippen LogP contribution in [0.3, 0.4) is 0 Å². The van der Waals surface area contributed by atoms with Crippen molar-refractivity contribution in [2.45, 2.75) is 19.8 Å². The molecule has 1 amide bonds. The van der Waals surface area contributed by atoms with Gasteiger partial charge in [0.25, 0.3) is 0 Å². The Morgan fingerprint density at radius 2 is 2.22 bits per heavy atom. The molecule has 0 aliphatic carbocycles. The molecule has 0 aliphatic heterocycles. The van der Waals surface area contributed by atoms with Crippen LogP contribution in [0.2, 0.25) is 5.02 Å². The fourth-order valence-electron chi connectivity index (χ4n) is 1.43. The summed E-state index contributed by atoms with van der Waals surface area (Å²) in [5.41, 5.74) is 7.20. The first-order chi connectivity index (χ1) is 8.63. The smallest absolute Gasteiger partial charge is 0.234 e. The number of unbranched alkanes of at least 4 members (excludes halogenated alkanes) is 1. The van der Waals surface area contributed by atoms with Crippen LogP contribution in [0.5, 0.6) is 0 Å². The third-order valence-electron chi connectivity index (χ3n) is 2.45. The maximum Gasteiger partial charge on any atom is 0.234 e. The largest absolute Gasteiger partial charge is 0.330 e. The predicted octanol–water partition coefficient (Wildman–Crippen LogP) is 3.06. The Morgan fingerprint density at radius 3 is 2.94 bits per heavy atom. The predicted molar refractivity (Wildman–Crippen MR) is 80.4 cm³/mol. The van der Waals surface area contributed by atoms with Crippen molar-refractivity contribution in [3.63, 3.8) is 0 Å². The lowest BCUT2D eigenvalue weighted by atomic mass is 10.2. The Balaban J connectivity index is 2.33. The SMILES string of the molecule is Cc1ccc(Cl)cc1NC(=O)CSCCCCN. The van der Waals surface area contributed by atoms with E-state index in [4.69, 9.17) is 17.3 Å². The average Bonchev–Trinajstić information content (AvgIpc) is 2.33. The molecule has 0 saturated carbocycles. The molecule has 1 aromatic rings. The number of hydrogen-bond donors (Lipinski definition) is 2. The highest BCUT2D eigenvalue weighted by Crippen LogP contribution is 2.20. The van der Waals surface area contributed by atoms with E-state index < -0.39 is 0 Å². The van der Waals surface area contributed by atoms with Gasteiger partial charge in [-0.15, -0.1) is 0 Å². The number of carbonyl (C=O) groups excluding carboxylic acids is 1. The molecule has 0 aliphatic rings. The zero-order valence-electron chi connectivity index (χ0n) is 10.5. The van der Waals surface area contributed by atoms with Gasteiger partial charge < -0.3 is 11.1 Å². The van der Waals surface area contributed by atoms with Crippen molar-refractivity contribution in [3.8, 4) is 0 Å². The molecule has 0 radical (unpaired) electrons. The number of aryl methyl sites for hydroxylation is 1. The van der Waals surface area contributed by atoms with Crippen LogP contribution in [-0.4, -0.2) is 24.0 Å². The van der Waals surface area contributed by atoms with Gasteiger partial charge in [0.05, 0.1) is 5.75 Å². The minimum absolute atomic E-state index is 0.0121. The van der Waals surface area contributed by atoms with E-state index in [2.05, 4.69) is 5.32 Å². The van der Waals surface area contributed by atoms with E-state index in [0.29, 0.717) is 17.3 Å². The van der Waals surface area contributed by atoms with E-state index in [9.17, 15) is 4.79 Å². The fraction of sp³-hybridized carbons (Fsp3) is 0.462. The lowest BCUT2D eigenvalue weighted by Gasteiger charge is -2.08. The van der Waals surface area contributed by atoms with Gasteiger partial charge in [0.15, 0.2) is 0 Å². The number of amides is 1. The number of halogens is 1. The van der Waals surface area contributed by atoms with Crippen molar-refractivity contribution in [1.82, 2.24) is 0 Å². The van der Waals surface area contributed by atoms with Crippen molar-refractivity contribution >= 4 is 35.0 Å². The molecule has 1 aromatic carbocycles. The summed E-state index contributed by atoms with van der Waals surface area (Å²) in [7, 11) is 0. The molecule has 5 heteroatoms. The van der Waals surface area contributed by atoms with Crippen molar-refractivity contribution in [3.05, 3.63) is 28.8 Å². The normalized spacial score (nSPS) is 10.4. The molecule has 3 N–H and O–H groups in total. The van der Waals surface area contributed by atoms with E-state index in [1.165, 1.54) is 0 Å². The molecule has 0 saturated heterocycles. The maximum atomic E-state index is 11.7. The first-order valence-electron chi connectivity index (χ1n) is 5.97. The summed E-state index contributed by atoms with van der Waals surface area (Å²) < 4.78 is 0. The van der Waals surface area contributed by atoms with Crippen LogP contribution in [0.4, 0.5) is 5.69 Å². The number of hydrogen-bond acceptors (Lipinski definition) is 3. The van der Waals surface area contributed by atoms with Gasteiger partial charge >= 0.3 is 0 Å². The summed E-state index contributed by atoms with van der Waals surface area (Å²) in [4.78, 5) is 11.7. The molecule has 0 aromatic heterocycles. The van der Waals surface area contributed by atoms with Crippen LogP contribution in [-0.2, 0) is 4.79 Å². The van der Waals surface area contributed by atoms with Crippen LogP contribution >= 0.6 is 23.4 Å². The Morgan fingerprint density at radius 1 is 1.44 bits per heavy atom. The van der Waals surface area contributed by atoms with Crippen molar-refractivity contribution in [2.24, 2.45) is 5.73 Å². The third kappa shape index (κ3) is 5.76. The minimum atomic E-state index is 0.0121. The Labute approximate surface area is 117 Å². The van der Waals surface area contributed by atoms with Crippen LogP contribution in [0.1, 0.15) is 18.4 Å². The number of nitrogens with two attached hydrogens (primary N) is 1. The van der Waals surface area contributed by atoms with Gasteiger partial charge in [-0.05, 0) is 49.8 Å². The monoisotopic (exact) mass is 286 g/mol. The standard InChI is InChI=1S/C13H19ClN2OS/c1-10-4-5-11(14)8-12(10)16-13(17)9-18-7-3-2-6-15/h4-5,8H,2-3,6-7,9,15H2,1H3,(H,16,17). The molecule has 0 atom stereocenters. The van der Waals surface area contributed by atoms with Crippen LogP contribution < -0.4 is 11.1 Å². The highest BCUT2D eigenvalue weighted by molar-refractivity contribution is 7.99. The molecule has 100 valence electrons. The van der Waals surface area contributed by atoms with E-state index in [1.54, 1.807) is 17.8 Å². The molecule has 0 unspecified atom stereocenters. The Kier molecular flexibility index (Phi) is 7.16. The molecule has 0 heterocycles. The zero-order chi connectivity index (χ0) is 13.4. The minimum Gasteiger partial charge on any atom is -0.330 e. The van der Waals surface area contributed by atoms with Crippen LogP contribution in [0, 0.1) is 6.92 Å². The fourth-order valence-corrected chi connectivity index (χ4v) is 2.41. The lowest BCUT2D eigenvalue weighted by molar-refractivity contribution is -0.113. The maximum absolute atomic E-state index is 11.7. The van der Waals surface area contributed by atoms with Crippen LogP contribution in [0.15, 0.2) is 18.2 Å². The number of rotatable bonds is 7. The topological polar surface area (TPSA) is 55.1 Å². The highest BCUT2D eigenvalue weighted by atomic mass is 35.5. The number of carbonyl (C=O) groups is 1. The second kappa shape index (κ2) is 8.40. The van der Waals surface area contributed by atoms with Crippen molar-refractivity contribution in [1.29, 1.82) is 0 Å². The Bertz CT molecular complexity index is 399. The molecule has 0 bridgehead atoms. The van der Waals surface area contributed by atoms with Crippen molar-refractivity contribution in [2.75, 3.05) is 23.4 Å². The highest BCUT2D eigenvalue weighted by Gasteiger charge is 2.05. The van der Waals surface area contributed by atoms with E-state index >= 15 is 0 Å². The molecule has 1 rings (SSSR count). The van der Waals surface area contributed by atoms with Gasteiger partial charge in [-0.1, -0.05) is 17.7 Å². The average molecular weight is 287 g/mol. The van der Waals surface area contributed by atoms with Gasteiger partial charge in [0, 0.05) is 10.7 Å². The van der Waals surface area contributed by atoms with Crippen LogP contribution in [0.25, 0.3) is 0 Å². The third-order valence-corrected chi connectivity index (χ3v) is 3.73. The molecule has 0 spiro atoms.